The molecule has 23 heavy (non-hydrogen) atoms. The van der Waals surface area contributed by atoms with E-state index in [9.17, 15) is 14.3 Å². The predicted molar refractivity (Wildman–Crippen MR) is 83.8 cm³/mol. The average molecular weight is 315 g/mol. The normalized spacial score (nSPS) is 20.6. The molecule has 1 aliphatic rings. The Bertz CT molecular complexity index is 684. The first-order chi connectivity index (χ1) is 11.1. The number of nitrogens with zero attached hydrogens (tertiary/aromatic N) is 1. The van der Waals surface area contributed by atoms with Crippen LogP contribution in [0.25, 0.3) is 0 Å². The molecule has 1 amide bonds. The zero-order valence-electron chi connectivity index (χ0n) is 12.8. The van der Waals surface area contributed by atoms with E-state index in [-0.39, 0.29) is 24.3 Å². The van der Waals surface area contributed by atoms with Gasteiger partial charge in [0.1, 0.15) is 11.6 Å². The minimum absolute atomic E-state index is 0.154. The van der Waals surface area contributed by atoms with Gasteiger partial charge in [-0.3, -0.25) is 4.79 Å². The molecule has 1 saturated heterocycles. The first-order valence-electron chi connectivity index (χ1n) is 7.47. The number of halogens is 1. The molecule has 0 aliphatic carbocycles. The van der Waals surface area contributed by atoms with Crippen LogP contribution in [0.5, 0.6) is 5.75 Å². The first-order valence-corrected chi connectivity index (χ1v) is 7.47. The monoisotopic (exact) mass is 315 g/mol. The zero-order chi connectivity index (χ0) is 16.4. The molecular weight excluding hydrogens is 297 g/mol. The number of ether oxygens (including phenoxy) is 1. The summed E-state index contributed by atoms with van der Waals surface area (Å²) in [7, 11) is 1.57. The van der Waals surface area contributed by atoms with Crippen LogP contribution in [0.4, 0.5) is 4.39 Å². The van der Waals surface area contributed by atoms with Crippen LogP contribution in [0.15, 0.2) is 48.5 Å². The molecule has 1 heterocycles. The van der Waals surface area contributed by atoms with Crippen LogP contribution in [-0.4, -0.2) is 35.7 Å². The van der Waals surface area contributed by atoms with Gasteiger partial charge in [-0.05, 0) is 48.4 Å². The molecule has 2 aromatic rings. The van der Waals surface area contributed by atoms with Crippen molar-refractivity contribution in [2.24, 2.45) is 0 Å². The van der Waals surface area contributed by atoms with Gasteiger partial charge in [-0.2, -0.15) is 0 Å². The quantitative estimate of drug-likeness (QED) is 0.947. The van der Waals surface area contributed by atoms with Crippen molar-refractivity contribution < 1.29 is 19.0 Å². The van der Waals surface area contributed by atoms with E-state index in [1.165, 1.54) is 12.1 Å². The fourth-order valence-electron chi connectivity index (χ4n) is 2.94. The number of carbonyl (C=O) groups is 1. The second-order valence-corrected chi connectivity index (χ2v) is 5.64. The van der Waals surface area contributed by atoms with Crippen LogP contribution in [0, 0.1) is 5.82 Å². The third kappa shape index (κ3) is 3.19. The van der Waals surface area contributed by atoms with Crippen LogP contribution in [-0.2, 0) is 0 Å². The van der Waals surface area contributed by atoms with Crippen molar-refractivity contribution in [1.29, 1.82) is 0 Å². The summed E-state index contributed by atoms with van der Waals surface area (Å²) in [6.45, 7) is 0.271. The minimum atomic E-state index is -0.577. The molecule has 2 aromatic carbocycles. The molecule has 1 fully saturated rings. The fourth-order valence-corrected chi connectivity index (χ4v) is 2.94. The summed E-state index contributed by atoms with van der Waals surface area (Å²) in [5, 5.41) is 9.98. The number of aliphatic hydroxyl groups is 1. The number of rotatable bonds is 3. The van der Waals surface area contributed by atoms with Gasteiger partial charge in [-0.1, -0.05) is 12.1 Å². The van der Waals surface area contributed by atoms with Crippen molar-refractivity contribution in [3.05, 3.63) is 65.5 Å². The van der Waals surface area contributed by atoms with Crippen molar-refractivity contribution >= 4 is 5.91 Å². The summed E-state index contributed by atoms with van der Waals surface area (Å²) in [6.07, 6.45) is -0.125. The van der Waals surface area contributed by atoms with E-state index < -0.39 is 6.10 Å². The number of β-amino-alcohol motifs (C(OH)–C–C–N with tert-alkyl or cyclic N) is 1. The fraction of sp³-hybridized carbons (Fsp3) is 0.278. The first kappa shape index (κ1) is 15.5. The van der Waals surface area contributed by atoms with Gasteiger partial charge in [0, 0.05) is 12.1 Å². The maximum atomic E-state index is 13.1. The minimum Gasteiger partial charge on any atom is -0.497 e. The van der Waals surface area contributed by atoms with E-state index >= 15 is 0 Å². The molecule has 5 heteroatoms. The van der Waals surface area contributed by atoms with Gasteiger partial charge >= 0.3 is 0 Å². The van der Waals surface area contributed by atoms with E-state index in [2.05, 4.69) is 0 Å². The van der Waals surface area contributed by atoms with Crippen LogP contribution >= 0.6 is 0 Å². The largest absolute Gasteiger partial charge is 0.497 e. The third-order valence-electron chi connectivity index (χ3n) is 4.13. The summed E-state index contributed by atoms with van der Waals surface area (Å²) in [4.78, 5) is 14.4. The lowest BCUT2D eigenvalue weighted by Gasteiger charge is -2.25. The maximum Gasteiger partial charge on any atom is 0.254 e. The Hall–Kier alpha value is -2.40. The Morgan fingerprint density at radius 3 is 2.43 bits per heavy atom. The molecule has 2 atom stereocenters. The standard InChI is InChI=1S/C18H18FNO3/c1-23-16-8-4-13(5-9-16)18(22)20-11-15(21)10-17(20)12-2-6-14(19)7-3-12/h2-9,15,17,21H,10-11H2,1H3/t15-,17+/m0/s1. The lowest BCUT2D eigenvalue weighted by molar-refractivity contribution is 0.0716. The van der Waals surface area contributed by atoms with Gasteiger partial charge in [0.25, 0.3) is 5.91 Å². The topological polar surface area (TPSA) is 49.8 Å². The highest BCUT2D eigenvalue weighted by Gasteiger charge is 2.35. The summed E-state index contributed by atoms with van der Waals surface area (Å²) in [6, 6.07) is 12.7. The van der Waals surface area contributed by atoms with Crippen molar-refractivity contribution in [3.63, 3.8) is 0 Å². The Balaban J connectivity index is 1.86. The third-order valence-corrected chi connectivity index (χ3v) is 4.13. The highest BCUT2D eigenvalue weighted by molar-refractivity contribution is 5.94. The molecule has 0 saturated carbocycles. The molecule has 4 nitrogen and oxygen atoms in total. The van der Waals surface area contributed by atoms with Gasteiger partial charge in [-0.25, -0.2) is 4.39 Å². The van der Waals surface area contributed by atoms with E-state index in [0.29, 0.717) is 17.7 Å². The summed E-state index contributed by atoms with van der Waals surface area (Å²) >= 11 is 0. The number of benzene rings is 2. The Labute approximate surface area is 134 Å². The van der Waals surface area contributed by atoms with Gasteiger partial charge < -0.3 is 14.7 Å². The second-order valence-electron chi connectivity index (χ2n) is 5.64. The second kappa shape index (κ2) is 6.38. The van der Waals surface area contributed by atoms with E-state index in [1.807, 2.05) is 0 Å². The van der Waals surface area contributed by atoms with E-state index in [4.69, 9.17) is 4.74 Å². The van der Waals surface area contributed by atoms with Crippen LogP contribution < -0.4 is 4.74 Å². The number of amides is 1. The molecule has 0 aromatic heterocycles. The van der Waals surface area contributed by atoms with Gasteiger partial charge in [0.05, 0.1) is 19.3 Å². The predicted octanol–water partition coefficient (Wildman–Crippen LogP) is 2.78. The summed E-state index contributed by atoms with van der Waals surface area (Å²) in [5.41, 5.74) is 1.36. The van der Waals surface area contributed by atoms with Crippen LogP contribution in [0.2, 0.25) is 0 Å². The highest BCUT2D eigenvalue weighted by atomic mass is 19.1. The Morgan fingerprint density at radius 2 is 1.83 bits per heavy atom. The molecular formula is C18H18FNO3. The summed E-state index contributed by atoms with van der Waals surface area (Å²) in [5.74, 6) is 0.206. The smallest absolute Gasteiger partial charge is 0.254 e. The van der Waals surface area contributed by atoms with Gasteiger partial charge in [-0.15, -0.1) is 0 Å². The van der Waals surface area contributed by atoms with Crippen molar-refractivity contribution in [2.45, 2.75) is 18.6 Å². The van der Waals surface area contributed by atoms with Crippen LogP contribution in [0.3, 0.4) is 0 Å². The lowest BCUT2D eigenvalue weighted by atomic mass is 10.0. The van der Waals surface area contributed by atoms with Crippen molar-refractivity contribution in [2.75, 3.05) is 13.7 Å². The summed E-state index contributed by atoms with van der Waals surface area (Å²) < 4.78 is 18.2. The lowest BCUT2D eigenvalue weighted by Crippen LogP contribution is -2.31. The van der Waals surface area contributed by atoms with Crippen LogP contribution in [0.1, 0.15) is 28.4 Å². The Kier molecular flexibility index (Phi) is 4.30. The van der Waals surface area contributed by atoms with Crippen molar-refractivity contribution in [3.8, 4) is 5.75 Å². The number of likely N-dealkylation sites (tertiary alicyclic amines) is 1. The van der Waals surface area contributed by atoms with Gasteiger partial charge in [0.2, 0.25) is 0 Å². The molecule has 0 spiro atoms. The van der Waals surface area contributed by atoms with E-state index in [1.54, 1.807) is 48.4 Å². The number of hydrogen-bond acceptors (Lipinski definition) is 3. The molecule has 1 aliphatic heterocycles. The number of aliphatic hydroxyl groups excluding tert-OH is 1. The zero-order valence-corrected chi connectivity index (χ0v) is 12.8. The molecule has 0 bridgehead atoms. The maximum absolute atomic E-state index is 13.1. The number of carbonyl (C=O) groups excluding carboxylic acids is 1. The van der Waals surface area contributed by atoms with E-state index in [0.717, 1.165) is 5.56 Å². The Morgan fingerprint density at radius 1 is 1.17 bits per heavy atom. The molecule has 3 rings (SSSR count). The highest BCUT2D eigenvalue weighted by Crippen LogP contribution is 2.33. The molecule has 120 valence electrons. The molecule has 0 unspecified atom stereocenters. The van der Waals surface area contributed by atoms with Crippen molar-refractivity contribution in [1.82, 2.24) is 4.90 Å². The number of methoxy groups -OCH3 is 1. The van der Waals surface area contributed by atoms with Gasteiger partial charge in [0.15, 0.2) is 0 Å². The molecule has 1 N–H and O–H groups in total. The molecule has 0 radical (unpaired) electrons. The number of hydrogen-bond donors (Lipinski definition) is 1. The average Bonchev–Trinajstić information content (AvgIpc) is 2.97. The SMILES string of the molecule is COc1ccc(C(=O)N2C[C@@H](O)C[C@@H]2c2ccc(F)cc2)cc1.